The summed E-state index contributed by atoms with van der Waals surface area (Å²) in [6.45, 7) is 6.74. The number of amides is 2. The SMILES string of the molecule is CCCNC(=O)[C@@H](CC)N(CCc1ccccc1)C(=O)CCCN(c1cccc(Cl)c1C)S(C)(=O)=O. The van der Waals surface area contributed by atoms with Crippen molar-refractivity contribution in [3.8, 4) is 0 Å². The van der Waals surface area contributed by atoms with E-state index >= 15 is 0 Å². The van der Waals surface area contributed by atoms with Gasteiger partial charge in [-0.25, -0.2) is 8.42 Å². The summed E-state index contributed by atoms with van der Waals surface area (Å²) in [6, 6.07) is 14.4. The Morgan fingerprint density at radius 3 is 2.33 bits per heavy atom. The molecule has 0 aromatic heterocycles. The minimum Gasteiger partial charge on any atom is -0.354 e. The number of carbonyl (C=O) groups is 2. The maximum absolute atomic E-state index is 13.4. The molecular weight excluding hydrogens is 498 g/mol. The zero-order valence-corrected chi connectivity index (χ0v) is 23.2. The van der Waals surface area contributed by atoms with Gasteiger partial charge in [0, 0.05) is 31.1 Å². The van der Waals surface area contributed by atoms with Gasteiger partial charge in [-0.05, 0) is 55.9 Å². The van der Waals surface area contributed by atoms with Crippen LogP contribution < -0.4 is 9.62 Å². The van der Waals surface area contributed by atoms with Gasteiger partial charge in [0.15, 0.2) is 0 Å². The van der Waals surface area contributed by atoms with E-state index in [1.54, 1.807) is 30.0 Å². The summed E-state index contributed by atoms with van der Waals surface area (Å²) in [4.78, 5) is 27.9. The number of hydrogen-bond acceptors (Lipinski definition) is 4. The Kier molecular flexibility index (Phi) is 11.7. The molecule has 0 aliphatic rings. The largest absolute Gasteiger partial charge is 0.354 e. The van der Waals surface area contributed by atoms with E-state index in [2.05, 4.69) is 5.32 Å². The molecular formula is C27H38ClN3O4S. The first-order valence-corrected chi connectivity index (χ1v) is 14.7. The standard InChI is InChI=1S/C27H38ClN3O4S/c1-5-18-29-27(33)24(6-2)30(20-17-22-12-8-7-9-13-22)26(32)16-11-19-31(36(4,34)35)25-15-10-14-23(28)21(25)3/h7-10,12-15,24H,5-6,11,16-20H2,1-4H3,(H,29,33)/t24-/m1/s1. The van der Waals surface area contributed by atoms with E-state index in [0.717, 1.165) is 18.2 Å². The summed E-state index contributed by atoms with van der Waals surface area (Å²) in [6.07, 6.45) is 3.51. The first-order chi connectivity index (χ1) is 17.1. The van der Waals surface area contributed by atoms with Crippen LogP contribution in [0, 0.1) is 6.92 Å². The maximum atomic E-state index is 13.4. The molecule has 9 heteroatoms. The second-order valence-electron chi connectivity index (χ2n) is 8.86. The van der Waals surface area contributed by atoms with E-state index < -0.39 is 16.1 Å². The minimum atomic E-state index is -3.58. The zero-order valence-electron chi connectivity index (χ0n) is 21.7. The molecule has 36 heavy (non-hydrogen) atoms. The van der Waals surface area contributed by atoms with Gasteiger partial charge in [0.05, 0.1) is 11.9 Å². The predicted octanol–water partition coefficient (Wildman–Crippen LogP) is 4.57. The van der Waals surface area contributed by atoms with Crippen molar-refractivity contribution in [2.45, 2.75) is 58.9 Å². The third-order valence-electron chi connectivity index (χ3n) is 6.08. The van der Waals surface area contributed by atoms with Gasteiger partial charge in [-0.15, -0.1) is 0 Å². The van der Waals surface area contributed by atoms with Crippen LogP contribution in [0.2, 0.25) is 5.02 Å². The van der Waals surface area contributed by atoms with Crippen LogP contribution in [0.3, 0.4) is 0 Å². The fraction of sp³-hybridized carbons (Fsp3) is 0.481. The van der Waals surface area contributed by atoms with Crippen LogP contribution in [0.1, 0.15) is 50.7 Å². The summed E-state index contributed by atoms with van der Waals surface area (Å²) in [5, 5.41) is 3.39. The van der Waals surface area contributed by atoms with Gasteiger partial charge in [0.25, 0.3) is 0 Å². The number of nitrogens with one attached hydrogen (secondary N) is 1. The highest BCUT2D eigenvalue weighted by Gasteiger charge is 2.28. The molecule has 0 unspecified atom stereocenters. The smallest absolute Gasteiger partial charge is 0.242 e. The van der Waals surface area contributed by atoms with Gasteiger partial charge in [-0.3, -0.25) is 13.9 Å². The summed E-state index contributed by atoms with van der Waals surface area (Å²) >= 11 is 6.22. The Bertz CT molecular complexity index is 1110. The minimum absolute atomic E-state index is 0.123. The van der Waals surface area contributed by atoms with Crippen molar-refractivity contribution in [3.63, 3.8) is 0 Å². The number of nitrogens with zero attached hydrogens (tertiary/aromatic N) is 2. The van der Waals surface area contributed by atoms with Gasteiger partial charge >= 0.3 is 0 Å². The molecule has 1 N–H and O–H groups in total. The van der Waals surface area contributed by atoms with E-state index in [1.165, 1.54) is 4.31 Å². The normalized spacial score (nSPS) is 12.1. The molecule has 0 bridgehead atoms. The molecule has 2 amide bonds. The third kappa shape index (κ3) is 8.52. The van der Waals surface area contributed by atoms with Crippen molar-refractivity contribution in [3.05, 3.63) is 64.7 Å². The number of halogens is 1. The lowest BCUT2D eigenvalue weighted by Crippen LogP contribution is -2.50. The van der Waals surface area contributed by atoms with Crippen LogP contribution in [-0.4, -0.2) is 57.1 Å². The molecule has 0 saturated carbocycles. The molecule has 0 radical (unpaired) electrons. The third-order valence-corrected chi connectivity index (χ3v) is 7.67. The highest BCUT2D eigenvalue weighted by molar-refractivity contribution is 7.92. The van der Waals surface area contributed by atoms with E-state index in [9.17, 15) is 18.0 Å². The summed E-state index contributed by atoms with van der Waals surface area (Å²) in [5.41, 5.74) is 2.25. The fourth-order valence-electron chi connectivity index (χ4n) is 4.11. The van der Waals surface area contributed by atoms with Crippen LogP contribution in [-0.2, 0) is 26.0 Å². The molecule has 198 valence electrons. The number of anilines is 1. The molecule has 7 nitrogen and oxygen atoms in total. The van der Waals surface area contributed by atoms with Crippen LogP contribution in [0.15, 0.2) is 48.5 Å². The first-order valence-electron chi connectivity index (χ1n) is 12.4. The monoisotopic (exact) mass is 535 g/mol. The Balaban J connectivity index is 2.17. The van der Waals surface area contributed by atoms with Crippen molar-refractivity contribution in [2.24, 2.45) is 0 Å². The zero-order chi connectivity index (χ0) is 26.7. The molecule has 0 spiro atoms. The second-order valence-corrected chi connectivity index (χ2v) is 11.2. The van der Waals surface area contributed by atoms with Crippen LogP contribution in [0.5, 0.6) is 0 Å². The molecule has 2 aromatic carbocycles. The Hall–Kier alpha value is -2.58. The molecule has 0 aliphatic heterocycles. The molecule has 0 aliphatic carbocycles. The van der Waals surface area contributed by atoms with Gasteiger partial charge in [0.1, 0.15) is 6.04 Å². The lowest BCUT2D eigenvalue weighted by molar-refractivity contribution is -0.140. The molecule has 0 saturated heterocycles. The molecule has 1 atom stereocenters. The highest BCUT2D eigenvalue weighted by atomic mass is 35.5. The van der Waals surface area contributed by atoms with E-state index in [1.807, 2.05) is 44.2 Å². The molecule has 0 heterocycles. The fourth-order valence-corrected chi connectivity index (χ4v) is 5.30. The van der Waals surface area contributed by atoms with Gasteiger partial charge < -0.3 is 10.2 Å². The quantitative estimate of drug-likeness (QED) is 0.384. The lowest BCUT2D eigenvalue weighted by Gasteiger charge is -2.31. The number of rotatable bonds is 14. The van der Waals surface area contributed by atoms with Crippen molar-refractivity contribution < 1.29 is 18.0 Å². The average Bonchev–Trinajstić information content (AvgIpc) is 2.84. The van der Waals surface area contributed by atoms with Crippen LogP contribution >= 0.6 is 11.6 Å². The van der Waals surface area contributed by atoms with E-state index in [0.29, 0.717) is 48.6 Å². The van der Waals surface area contributed by atoms with Crippen molar-refractivity contribution >= 4 is 39.1 Å². The van der Waals surface area contributed by atoms with E-state index in [4.69, 9.17) is 11.6 Å². The second kappa shape index (κ2) is 14.2. The Morgan fingerprint density at radius 1 is 1.03 bits per heavy atom. The van der Waals surface area contributed by atoms with Crippen molar-refractivity contribution in [1.82, 2.24) is 10.2 Å². The van der Waals surface area contributed by atoms with Gasteiger partial charge in [-0.2, -0.15) is 0 Å². The Morgan fingerprint density at radius 2 is 1.72 bits per heavy atom. The van der Waals surface area contributed by atoms with E-state index in [-0.39, 0.29) is 24.8 Å². The number of hydrogen-bond donors (Lipinski definition) is 1. The molecule has 2 aromatic rings. The first kappa shape index (κ1) is 29.6. The summed E-state index contributed by atoms with van der Waals surface area (Å²) in [5.74, 6) is -0.325. The van der Waals surface area contributed by atoms with Crippen molar-refractivity contribution in [2.75, 3.05) is 30.2 Å². The van der Waals surface area contributed by atoms with Crippen LogP contribution in [0.4, 0.5) is 5.69 Å². The van der Waals surface area contributed by atoms with Gasteiger partial charge in [0.2, 0.25) is 21.8 Å². The highest BCUT2D eigenvalue weighted by Crippen LogP contribution is 2.28. The predicted molar refractivity (Wildman–Crippen MR) is 147 cm³/mol. The average molecular weight is 536 g/mol. The van der Waals surface area contributed by atoms with Crippen molar-refractivity contribution in [1.29, 1.82) is 0 Å². The molecule has 2 rings (SSSR count). The maximum Gasteiger partial charge on any atom is 0.242 e. The summed E-state index contributed by atoms with van der Waals surface area (Å²) in [7, 11) is -3.58. The number of carbonyl (C=O) groups excluding carboxylic acids is 2. The number of benzene rings is 2. The summed E-state index contributed by atoms with van der Waals surface area (Å²) < 4.78 is 26.4. The van der Waals surface area contributed by atoms with Gasteiger partial charge in [-0.1, -0.05) is 61.8 Å². The lowest BCUT2D eigenvalue weighted by atomic mass is 10.1. The topological polar surface area (TPSA) is 86.8 Å². The molecule has 0 fully saturated rings. The van der Waals surface area contributed by atoms with Crippen LogP contribution in [0.25, 0.3) is 0 Å². The number of sulfonamides is 1. The Labute approximate surface area is 220 Å².